The number of para-hydroxylation sites is 1. The van der Waals surface area contributed by atoms with Gasteiger partial charge in [-0.15, -0.1) is 0 Å². The minimum atomic E-state index is -0.355. The maximum Gasteiger partial charge on any atom is 0.159 e. The molecule has 0 radical (unpaired) electrons. The van der Waals surface area contributed by atoms with E-state index < -0.39 is 0 Å². The molecule has 1 N–H and O–H groups in total. The summed E-state index contributed by atoms with van der Waals surface area (Å²) in [5.74, 6) is 1.50. The highest BCUT2D eigenvalue weighted by atomic mass is 32.2. The molecule has 8 aromatic rings. The number of amidine groups is 2. The van der Waals surface area contributed by atoms with Gasteiger partial charge in [-0.1, -0.05) is 139 Å². The molecule has 0 amide bonds. The van der Waals surface area contributed by atoms with Crippen LogP contribution < -0.4 is 5.32 Å². The van der Waals surface area contributed by atoms with E-state index in [1.807, 2.05) is 54.2 Å². The standard InChI is InChI=1S/C43H27N3OS/c1-3-11-26(12-4-1)29-23-24-37-40-31(29)16-9-17-32(40)30-22-21-28(25-38(30)48-37)42-44-41(27-13-5-2-6-14-27)45-43(46-42)34-18-10-20-36-39(34)33-15-7-8-19-35(33)47-36/h1-25,43H,(H,44,45,46). The highest BCUT2D eigenvalue weighted by Crippen LogP contribution is 2.50. The van der Waals surface area contributed by atoms with Crippen molar-refractivity contribution >= 4 is 56.1 Å². The molecular weight excluding hydrogens is 607 g/mol. The Labute approximate surface area is 281 Å². The van der Waals surface area contributed by atoms with Crippen LogP contribution in [0.2, 0.25) is 0 Å². The maximum atomic E-state index is 6.24. The molecule has 48 heavy (non-hydrogen) atoms. The number of nitrogens with one attached hydrogen (secondary N) is 1. The maximum absolute atomic E-state index is 6.24. The zero-order chi connectivity index (χ0) is 31.6. The van der Waals surface area contributed by atoms with Crippen molar-refractivity contribution in [3.8, 4) is 22.3 Å². The van der Waals surface area contributed by atoms with Crippen LogP contribution in [-0.2, 0) is 0 Å². The molecule has 4 nitrogen and oxygen atoms in total. The monoisotopic (exact) mass is 633 g/mol. The zero-order valence-electron chi connectivity index (χ0n) is 25.7. The quantitative estimate of drug-likeness (QED) is 0.210. The van der Waals surface area contributed by atoms with E-state index in [0.717, 1.165) is 44.5 Å². The van der Waals surface area contributed by atoms with Crippen LogP contribution in [0.5, 0.6) is 0 Å². The first kappa shape index (κ1) is 27.2. The number of furan rings is 1. The van der Waals surface area contributed by atoms with E-state index in [-0.39, 0.29) is 6.17 Å². The number of benzene rings is 7. The van der Waals surface area contributed by atoms with Gasteiger partial charge in [0, 0.05) is 42.6 Å². The Morgan fingerprint density at radius 3 is 2.12 bits per heavy atom. The number of nitrogens with zero attached hydrogens (tertiary/aromatic N) is 2. The summed E-state index contributed by atoms with van der Waals surface area (Å²) in [5, 5.41) is 8.47. The predicted molar refractivity (Wildman–Crippen MR) is 198 cm³/mol. The van der Waals surface area contributed by atoms with E-state index in [9.17, 15) is 0 Å². The number of rotatable bonds is 4. The van der Waals surface area contributed by atoms with Crippen LogP contribution in [-0.4, -0.2) is 11.7 Å². The lowest BCUT2D eigenvalue weighted by Crippen LogP contribution is -2.33. The number of hydrogen-bond acceptors (Lipinski definition) is 5. The summed E-state index contributed by atoms with van der Waals surface area (Å²) < 4.78 is 6.24. The van der Waals surface area contributed by atoms with E-state index in [2.05, 4.69) is 115 Å². The van der Waals surface area contributed by atoms with Gasteiger partial charge in [0.2, 0.25) is 0 Å². The van der Waals surface area contributed by atoms with Crippen LogP contribution in [0.25, 0.3) is 55.0 Å². The molecule has 1 atom stereocenters. The molecule has 0 saturated carbocycles. The molecular formula is C43H27N3OS. The van der Waals surface area contributed by atoms with Gasteiger partial charge in [-0.25, -0.2) is 9.98 Å². The van der Waals surface area contributed by atoms with Crippen LogP contribution >= 0.6 is 11.8 Å². The van der Waals surface area contributed by atoms with Crippen LogP contribution in [0.4, 0.5) is 0 Å². The van der Waals surface area contributed by atoms with Gasteiger partial charge in [0.15, 0.2) is 5.84 Å². The normalized spacial score (nSPS) is 15.2. The minimum Gasteiger partial charge on any atom is -0.456 e. The Balaban J connectivity index is 1.10. The highest BCUT2D eigenvalue weighted by molar-refractivity contribution is 7.99. The SMILES string of the molecule is c1ccc(C2=NC(c3cccc4oc5ccccc5c34)NC(c3ccc4c(c3)Sc3ccc(-c5ccccc5)c5cccc-4c35)=N2)cc1. The summed E-state index contributed by atoms with van der Waals surface area (Å²) in [7, 11) is 0. The Kier molecular flexibility index (Phi) is 6.14. The largest absolute Gasteiger partial charge is 0.456 e. The number of fused-ring (bicyclic) bond motifs is 5. The van der Waals surface area contributed by atoms with E-state index in [1.165, 1.54) is 42.8 Å². The summed E-state index contributed by atoms with van der Waals surface area (Å²) in [5.41, 5.74) is 9.78. The van der Waals surface area contributed by atoms with Gasteiger partial charge in [-0.05, 0) is 51.9 Å². The first-order chi connectivity index (χ1) is 23.8. The van der Waals surface area contributed by atoms with Crippen molar-refractivity contribution in [2.75, 3.05) is 0 Å². The van der Waals surface area contributed by atoms with Crippen molar-refractivity contribution < 1.29 is 4.42 Å². The van der Waals surface area contributed by atoms with E-state index in [0.29, 0.717) is 5.84 Å². The van der Waals surface area contributed by atoms with Crippen LogP contribution in [0.3, 0.4) is 0 Å². The minimum absolute atomic E-state index is 0.355. The fraction of sp³-hybridized carbons (Fsp3) is 0.0233. The van der Waals surface area contributed by atoms with Gasteiger partial charge in [-0.2, -0.15) is 0 Å². The summed E-state index contributed by atoms with van der Waals surface area (Å²) in [6.07, 6.45) is -0.355. The summed E-state index contributed by atoms with van der Waals surface area (Å²) in [4.78, 5) is 12.8. The second-order valence-electron chi connectivity index (χ2n) is 12.2. The summed E-state index contributed by atoms with van der Waals surface area (Å²) in [6.45, 7) is 0. The first-order valence-electron chi connectivity index (χ1n) is 16.1. The van der Waals surface area contributed by atoms with Crippen molar-refractivity contribution in [1.82, 2.24) is 5.32 Å². The third-order valence-electron chi connectivity index (χ3n) is 9.36. The lowest BCUT2D eigenvalue weighted by molar-refractivity contribution is 0.662. The molecule has 0 saturated heterocycles. The molecule has 0 bridgehead atoms. The van der Waals surface area contributed by atoms with E-state index in [1.54, 1.807) is 0 Å². The lowest BCUT2D eigenvalue weighted by Gasteiger charge is -2.26. The molecule has 0 fully saturated rings. The number of hydrogen-bond donors (Lipinski definition) is 1. The second kappa shape index (κ2) is 10.8. The van der Waals surface area contributed by atoms with Crippen molar-refractivity contribution in [3.05, 3.63) is 168 Å². The molecule has 0 aliphatic carbocycles. The highest BCUT2D eigenvalue weighted by Gasteiger charge is 2.26. The van der Waals surface area contributed by atoms with Crippen molar-refractivity contribution in [2.24, 2.45) is 9.98 Å². The molecule has 1 unspecified atom stereocenters. The molecule has 226 valence electrons. The van der Waals surface area contributed by atoms with Crippen LogP contribution in [0.1, 0.15) is 22.9 Å². The fourth-order valence-corrected chi connectivity index (χ4v) is 8.32. The van der Waals surface area contributed by atoms with Gasteiger partial charge in [0.05, 0.1) is 0 Å². The van der Waals surface area contributed by atoms with Crippen molar-refractivity contribution in [3.63, 3.8) is 0 Å². The fourth-order valence-electron chi connectivity index (χ4n) is 7.15. The zero-order valence-corrected chi connectivity index (χ0v) is 26.5. The Morgan fingerprint density at radius 1 is 0.521 bits per heavy atom. The van der Waals surface area contributed by atoms with E-state index >= 15 is 0 Å². The summed E-state index contributed by atoms with van der Waals surface area (Å²) in [6, 6.07) is 53.2. The third-order valence-corrected chi connectivity index (χ3v) is 10.5. The molecule has 10 rings (SSSR count). The smallest absolute Gasteiger partial charge is 0.159 e. The lowest BCUT2D eigenvalue weighted by atomic mass is 9.92. The first-order valence-corrected chi connectivity index (χ1v) is 16.9. The average Bonchev–Trinajstić information content (AvgIpc) is 3.54. The van der Waals surface area contributed by atoms with Gasteiger partial charge in [-0.3, -0.25) is 0 Å². The average molecular weight is 634 g/mol. The Hall–Kier alpha value is -5.91. The van der Waals surface area contributed by atoms with Gasteiger partial charge >= 0.3 is 0 Å². The van der Waals surface area contributed by atoms with Gasteiger partial charge < -0.3 is 9.73 Å². The van der Waals surface area contributed by atoms with Crippen LogP contribution in [0, 0.1) is 0 Å². The van der Waals surface area contributed by atoms with Crippen LogP contribution in [0.15, 0.2) is 176 Å². The molecule has 5 heteroatoms. The molecule has 2 aliphatic heterocycles. The second-order valence-corrected chi connectivity index (χ2v) is 13.2. The summed E-state index contributed by atoms with van der Waals surface area (Å²) >= 11 is 1.83. The topological polar surface area (TPSA) is 49.9 Å². The third kappa shape index (κ3) is 4.32. The molecule has 3 heterocycles. The van der Waals surface area contributed by atoms with Gasteiger partial charge in [0.1, 0.15) is 23.2 Å². The molecule has 7 aromatic carbocycles. The van der Waals surface area contributed by atoms with Gasteiger partial charge in [0.25, 0.3) is 0 Å². The van der Waals surface area contributed by atoms with Crippen molar-refractivity contribution in [2.45, 2.75) is 16.0 Å². The molecule has 0 spiro atoms. The predicted octanol–water partition coefficient (Wildman–Crippen LogP) is 11.0. The van der Waals surface area contributed by atoms with Crippen molar-refractivity contribution in [1.29, 1.82) is 0 Å². The molecule has 2 aliphatic rings. The Morgan fingerprint density at radius 2 is 1.25 bits per heavy atom. The Bertz CT molecular complexity index is 2620. The van der Waals surface area contributed by atoms with E-state index in [4.69, 9.17) is 14.4 Å². The number of aliphatic imine (C=N–C) groups is 2. The molecule has 1 aromatic heterocycles.